The minimum atomic E-state index is -0.355. The van der Waals surface area contributed by atoms with Gasteiger partial charge in [0.25, 0.3) is 5.91 Å². The first-order valence-electron chi connectivity index (χ1n) is 8.21. The number of hydrogen-bond donors (Lipinski definition) is 0. The Labute approximate surface area is 147 Å². The highest BCUT2D eigenvalue weighted by atomic mass is 79.9. The van der Waals surface area contributed by atoms with Gasteiger partial charge in [0.15, 0.2) is 0 Å². The highest BCUT2D eigenvalue weighted by Crippen LogP contribution is 2.12. The lowest BCUT2D eigenvalue weighted by molar-refractivity contribution is -0.144. The summed E-state index contributed by atoms with van der Waals surface area (Å²) < 4.78 is 6.10. The Morgan fingerprint density at radius 3 is 2.30 bits per heavy atom. The third-order valence-corrected chi connectivity index (χ3v) is 4.09. The van der Waals surface area contributed by atoms with Crippen LogP contribution in [0.5, 0.6) is 0 Å². The highest BCUT2D eigenvalue weighted by molar-refractivity contribution is 9.10. The largest absolute Gasteiger partial charge is 0.464 e. The van der Waals surface area contributed by atoms with Gasteiger partial charge in [-0.25, -0.2) is 0 Å². The van der Waals surface area contributed by atoms with Crippen molar-refractivity contribution in [2.45, 2.75) is 45.4 Å². The zero-order valence-corrected chi connectivity index (χ0v) is 15.6. The van der Waals surface area contributed by atoms with Crippen molar-refractivity contribution < 1.29 is 14.3 Å². The molecular formula is C18H26BrNO3. The number of rotatable bonds is 10. The van der Waals surface area contributed by atoms with Gasteiger partial charge in [0.2, 0.25) is 0 Å². The zero-order valence-electron chi connectivity index (χ0n) is 14.0. The molecule has 0 radical (unpaired) electrons. The van der Waals surface area contributed by atoms with E-state index in [9.17, 15) is 9.59 Å². The third kappa shape index (κ3) is 8.16. The molecule has 1 aromatic carbocycles. The van der Waals surface area contributed by atoms with Crippen molar-refractivity contribution in [1.29, 1.82) is 0 Å². The summed E-state index contributed by atoms with van der Waals surface area (Å²) in [6.45, 7) is 2.60. The van der Waals surface area contributed by atoms with E-state index < -0.39 is 0 Å². The van der Waals surface area contributed by atoms with E-state index in [1.165, 1.54) is 30.6 Å². The van der Waals surface area contributed by atoms with Crippen molar-refractivity contribution in [3.05, 3.63) is 34.3 Å². The van der Waals surface area contributed by atoms with Gasteiger partial charge in [-0.05, 0) is 30.7 Å². The van der Waals surface area contributed by atoms with Gasteiger partial charge < -0.3 is 9.64 Å². The van der Waals surface area contributed by atoms with E-state index in [1.54, 1.807) is 31.3 Å². The number of esters is 1. The predicted octanol–water partition coefficient (Wildman–Crippen LogP) is 4.42. The molecule has 1 aromatic rings. The van der Waals surface area contributed by atoms with Crippen molar-refractivity contribution in [2.24, 2.45) is 0 Å². The molecule has 0 heterocycles. The Morgan fingerprint density at radius 1 is 1.04 bits per heavy atom. The Bertz CT molecular complexity index is 488. The molecule has 0 unspecified atom stereocenters. The molecule has 4 nitrogen and oxygen atoms in total. The molecule has 1 amide bonds. The second-order valence-electron chi connectivity index (χ2n) is 5.66. The van der Waals surface area contributed by atoms with Gasteiger partial charge in [0, 0.05) is 17.1 Å². The monoisotopic (exact) mass is 383 g/mol. The lowest BCUT2D eigenvalue weighted by Crippen LogP contribution is -2.33. The summed E-state index contributed by atoms with van der Waals surface area (Å²) in [5.74, 6) is -0.541. The van der Waals surface area contributed by atoms with E-state index in [0.29, 0.717) is 12.2 Å². The van der Waals surface area contributed by atoms with Crippen LogP contribution in [0.25, 0.3) is 0 Å². The van der Waals surface area contributed by atoms with Crippen LogP contribution in [0.2, 0.25) is 0 Å². The fourth-order valence-corrected chi connectivity index (χ4v) is 2.46. The lowest BCUT2D eigenvalue weighted by Gasteiger charge is -2.16. The van der Waals surface area contributed by atoms with E-state index in [0.717, 1.165) is 17.3 Å². The molecule has 0 aliphatic rings. The number of carbonyl (C=O) groups is 2. The van der Waals surface area contributed by atoms with Crippen LogP contribution in [-0.4, -0.2) is 37.0 Å². The molecule has 1 rings (SSSR count). The fourth-order valence-electron chi connectivity index (χ4n) is 2.19. The number of halogens is 1. The Balaban J connectivity index is 2.22. The summed E-state index contributed by atoms with van der Waals surface area (Å²) in [5, 5.41) is 0. The molecular weight excluding hydrogens is 358 g/mol. The van der Waals surface area contributed by atoms with E-state index in [4.69, 9.17) is 4.74 Å². The van der Waals surface area contributed by atoms with Crippen LogP contribution in [0.4, 0.5) is 0 Å². The van der Waals surface area contributed by atoms with Crippen LogP contribution in [-0.2, 0) is 9.53 Å². The molecule has 0 aliphatic heterocycles. The second kappa shape index (κ2) is 11.2. The van der Waals surface area contributed by atoms with E-state index in [-0.39, 0.29) is 18.4 Å². The Hall–Kier alpha value is -1.36. The quantitative estimate of drug-likeness (QED) is 0.443. The van der Waals surface area contributed by atoms with E-state index in [1.807, 2.05) is 0 Å². The first kappa shape index (κ1) is 19.7. The molecule has 0 aromatic heterocycles. The van der Waals surface area contributed by atoms with Crippen LogP contribution < -0.4 is 0 Å². The number of unbranched alkanes of at least 4 members (excludes halogenated alkanes) is 5. The topological polar surface area (TPSA) is 46.6 Å². The minimum Gasteiger partial charge on any atom is -0.464 e. The molecule has 0 bridgehead atoms. The normalized spacial score (nSPS) is 10.4. The standard InChI is InChI=1S/C18H26BrNO3/c1-3-4-5-6-7-8-13-23-17(21)14-20(2)18(22)15-9-11-16(19)12-10-15/h9-12H,3-8,13-14H2,1-2H3. The maximum absolute atomic E-state index is 12.2. The second-order valence-corrected chi connectivity index (χ2v) is 6.57. The van der Waals surface area contributed by atoms with Gasteiger partial charge in [-0.1, -0.05) is 55.0 Å². The lowest BCUT2D eigenvalue weighted by atomic mass is 10.1. The third-order valence-electron chi connectivity index (χ3n) is 3.57. The molecule has 5 heteroatoms. The summed E-state index contributed by atoms with van der Waals surface area (Å²) in [7, 11) is 1.61. The number of carbonyl (C=O) groups excluding carboxylic acids is 2. The molecule has 0 spiro atoms. The Kier molecular flexibility index (Phi) is 9.60. The number of likely N-dealkylation sites (N-methyl/N-ethyl adjacent to an activating group) is 1. The summed E-state index contributed by atoms with van der Waals surface area (Å²) in [5.41, 5.74) is 0.555. The summed E-state index contributed by atoms with van der Waals surface area (Å²) in [6.07, 6.45) is 6.90. The maximum Gasteiger partial charge on any atom is 0.325 e. The molecule has 23 heavy (non-hydrogen) atoms. The molecule has 0 aliphatic carbocycles. The summed E-state index contributed by atoms with van der Waals surface area (Å²) >= 11 is 3.33. The molecule has 0 saturated heterocycles. The highest BCUT2D eigenvalue weighted by Gasteiger charge is 2.15. The zero-order chi connectivity index (χ0) is 17.1. The van der Waals surface area contributed by atoms with Gasteiger partial charge in [0.05, 0.1) is 6.61 Å². The SMILES string of the molecule is CCCCCCCCOC(=O)CN(C)C(=O)c1ccc(Br)cc1. The smallest absolute Gasteiger partial charge is 0.325 e. The van der Waals surface area contributed by atoms with Gasteiger partial charge in [-0.15, -0.1) is 0 Å². The number of nitrogens with zero attached hydrogens (tertiary/aromatic N) is 1. The van der Waals surface area contributed by atoms with Crippen LogP contribution in [0.15, 0.2) is 28.7 Å². The first-order chi connectivity index (χ1) is 11.0. The number of benzene rings is 1. The summed E-state index contributed by atoms with van der Waals surface area (Å²) in [4.78, 5) is 25.3. The van der Waals surface area contributed by atoms with Crippen LogP contribution in [0.3, 0.4) is 0 Å². The molecule has 0 fully saturated rings. The average molecular weight is 384 g/mol. The van der Waals surface area contributed by atoms with Crippen LogP contribution in [0, 0.1) is 0 Å². The van der Waals surface area contributed by atoms with Gasteiger partial charge >= 0.3 is 5.97 Å². The van der Waals surface area contributed by atoms with Crippen molar-refractivity contribution >= 4 is 27.8 Å². The van der Waals surface area contributed by atoms with Crippen molar-refractivity contribution in [2.75, 3.05) is 20.2 Å². The predicted molar refractivity (Wildman–Crippen MR) is 95.4 cm³/mol. The van der Waals surface area contributed by atoms with Crippen molar-refractivity contribution in [3.8, 4) is 0 Å². The van der Waals surface area contributed by atoms with Crippen LogP contribution >= 0.6 is 15.9 Å². The Morgan fingerprint density at radius 2 is 1.65 bits per heavy atom. The number of amides is 1. The average Bonchev–Trinajstić information content (AvgIpc) is 2.54. The minimum absolute atomic E-state index is 0.0231. The van der Waals surface area contributed by atoms with Gasteiger partial charge in [-0.3, -0.25) is 9.59 Å². The van der Waals surface area contributed by atoms with Gasteiger partial charge in [-0.2, -0.15) is 0 Å². The molecule has 0 atom stereocenters. The maximum atomic E-state index is 12.2. The molecule has 128 valence electrons. The first-order valence-corrected chi connectivity index (χ1v) is 9.00. The van der Waals surface area contributed by atoms with Crippen molar-refractivity contribution in [3.63, 3.8) is 0 Å². The van der Waals surface area contributed by atoms with Gasteiger partial charge in [0.1, 0.15) is 6.54 Å². The van der Waals surface area contributed by atoms with Crippen molar-refractivity contribution in [1.82, 2.24) is 4.90 Å². The number of hydrogen-bond acceptors (Lipinski definition) is 3. The fraction of sp³-hybridized carbons (Fsp3) is 0.556. The molecule has 0 N–H and O–H groups in total. The van der Waals surface area contributed by atoms with E-state index in [2.05, 4.69) is 22.9 Å². The number of ether oxygens (including phenoxy) is 1. The van der Waals surface area contributed by atoms with E-state index >= 15 is 0 Å². The van der Waals surface area contributed by atoms with Crippen LogP contribution in [0.1, 0.15) is 55.8 Å². The summed E-state index contributed by atoms with van der Waals surface area (Å²) in [6, 6.07) is 7.06. The molecule has 0 saturated carbocycles.